The standard InChI is InChI=1S/C24H17F3N2O3/c1-2-32-20-6-4-3-5-18(20)28-22-21(14-7-9-15(25)10-8-14)23(30)29(24(22)31)19-13-16(26)11-12-17(19)27/h3-13,28H,2H2,1H3. The predicted molar refractivity (Wildman–Crippen MR) is 113 cm³/mol. The number of anilines is 2. The van der Waals surface area contributed by atoms with Gasteiger partial charge in [-0.25, -0.2) is 18.1 Å². The van der Waals surface area contributed by atoms with E-state index in [-0.39, 0.29) is 16.8 Å². The van der Waals surface area contributed by atoms with Gasteiger partial charge in [0.25, 0.3) is 11.8 Å². The Hall–Kier alpha value is -4.07. The van der Waals surface area contributed by atoms with Crippen molar-refractivity contribution in [2.24, 2.45) is 0 Å². The average molecular weight is 438 g/mol. The maximum atomic E-state index is 14.4. The van der Waals surface area contributed by atoms with Gasteiger partial charge < -0.3 is 10.1 Å². The van der Waals surface area contributed by atoms with Crippen LogP contribution in [0.25, 0.3) is 5.57 Å². The number of imide groups is 1. The molecule has 1 aliphatic heterocycles. The van der Waals surface area contributed by atoms with E-state index in [1.54, 1.807) is 31.2 Å². The van der Waals surface area contributed by atoms with E-state index in [4.69, 9.17) is 4.74 Å². The number of halogens is 3. The average Bonchev–Trinajstić information content (AvgIpc) is 3.01. The normalized spacial score (nSPS) is 13.7. The molecule has 0 atom stereocenters. The monoisotopic (exact) mass is 438 g/mol. The van der Waals surface area contributed by atoms with Gasteiger partial charge in [0.15, 0.2) is 0 Å². The number of nitrogens with zero attached hydrogens (tertiary/aromatic N) is 1. The van der Waals surface area contributed by atoms with Crippen LogP contribution in [0.2, 0.25) is 0 Å². The van der Waals surface area contributed by atoms with Crippen LogP contribution in [-0.4, -0.2) is 18.4 Å². The molecule has 3 aromatic carbocycles. The second-order valence-electron chi connectivity index (χ2n) is 6.85. The minimum atomic E-state index is -0.942. The lowest BCUT2D eigenvalue weighted by Gasteiger charge is -2.17. The molecular weight excluding hydrogens is 421 g/mol. The fourth-order valence-electron chi connectivity index (χ4n) is 3.39. The quantitative estimate of drug-likeness (QED) is 0.557. The number of carbonyl (C=O) groups excluding carboxylic acids is 2. The highest BCUT2D eigenvalue weighted by atomic mass is 19.1. The molecule has 0 saturated heterocycles. The van der Waals surface area contributed by atoms with Crippen LogP contribution >= 0.6 is 0 Å². The first kappa shape index (κ1) is 21.2. The Morgan fingerprint density at radius 2 is 1.56 bits per heavy atom. The Labute approximate surface area is 181 Å². The SMILES string of the molecule is CCOc1ccccc1NC1=C(c2ccc(F)cc2)C(=O)N(c2cc(F)ccc2F)C1=O. The summed E-state index contributed by atoms with van der Waals surface area (Å²) >= 11 is 0. The molecule has 2 amide bonds. The summed E-state index contributed by atoms with van der Waals surface area (Å²) < 4.78 is 47.3. The van der Waals surface area contributed by atoms with Crippen LogP contribution < -0.4 is 15.0 Å². The highest BCUT2D eigenvalue weighted by Crippen LogP contribution is 2.36. The highest BCUT2D eigenvalue weighted by Gasteiger charge is 2.41. The molecule has 1 aliphatic rings. The summed E-state index contributed by atoms with van der Waals surface area (Å²) in [6, 6.07) is 14.2. The fourth-order valence-corrected chi connectivity index (χ4v) is 3.39. The third kappa shape index (κ3) is 3.82. The summed E-state index contributed by atoms with van der Waals surface area (Å²) in [6.45, 7) is 2.15. The Morgan fingerprint density at radius 3 is 2.28 bits per heavy atom. The second kappa shape index (κ2) is 8.58. The molecule has 4 rings (SSSR count). The van der Waals surface area contributed by atoms with Crippen LogP contribution in [0.15, 0.2) is 72.4 Å². The topological polar surface area (TPSA) is 58.6 Å². The molecule has 0 bridgehead atoms. The Balaban J connectivity index is 1.85. The molecule has 0 radical (unpaired) electrons. The first-order valence-electron chi connectivity index (χ1n) is 9.73. The van der Waals surface area contributed by atoms with Crippen molar-refractivity contribution in [1.29, 1.82) is 0 Å². The van der Waals surface area contributed by atoms with Crippen molar-refractivity contribution in [3.8, 4) is 5.75 Å². The number of benzene rings is 3. The van der Waals surface area contributed by atoms with Gasteiger partial charge in [0, 0.05) is 6.07 Å². The van der Waals surface area contributed by atoms with Crippen LogP contribution in [0.5, 0.6) is 5.75 Å². The summed E-state index contributed by atoms with van der Waals surface area (Å²) in [5.74, 6) is -3.62. The van der Waals surface area contributed by atoms with E-state index in [1.165, 1.54) is 12.1 Å². The van der Waals surface area contributed by atoms with Gasteiger partial charge in [-0.1, -0.05) is 24.3 Å². The zero-order valence-electron chi connectivity index (χ0n) is 16.9. The van der Waals surface area contributed by atoms with Crippen LogP contribution in [0, 0.1) is 17.5 Å². The molecule has 0 aromatic heterocycles. The first-order valence-corrected chi connectivity index (χ1v) is 9.73. The number of amides is 2. The Bertz CT molecular complexity index is 1240. The zero-order chi connectivity index (χ0) is 22.8. The zero-order valence-corrected chi connectivity index (χ0v) is 16.9. The Morgan fingerprint density at radius 1 is 0.875 bits per heavy atom. The van der Waals surface area contributed by atoms with E-state index in [1.807, 2.05) is 0 Å². The third-order valence-electron chi connectivity index (χ3n) is 4.81. The lowest BCUT2D eigenvalue weighted by Crippen LogP contribution is -2.33. The van der Waals surface area contributed by atoms with Crippen LogP contribution in [0.1, 0.15) is 12.5 Å². The number of rotatable bonds is 6. The van der Waals surface area contributed by atoms with Gasteiger partial charge in [-0.15, -0.1) is 0 Å². The maximum absolute atomic E-state index is 14.4. The molecule has 5 nitrogen and oxygen atoms in total. The summed E-state index contributed by atoms with van der Waals surface area (Å²) in [4.78, 5) is 27.1. The van der Waals surface area contributed by atoms with Crippen molar-refractivity contribution >= 4 is 28.8 Å². The van der Waals surface area contributed by atoms with Gasteiger partial charge in [-0.05, 0) is 48.9 Å². The molecule has 1 heterocycles. The van der Waals surface area contributed by atoms with E-state index >= 15 is 0 Å². The number of ether oxygens (including phenoxy) is 1. The lowest BCUT2D eigenvalue weighted by atomic mass is 10.0. The molecule has 0 aliphatic carbocycles. The molecule has 8 heteroatoms. The molecular formula is C24H17F3N2O3. The van der Waals surface area contributed by atoms with Crippen molar-refractivity contribution < 1.29 is 27.5 Å². The predicted octanol–water partition coefficient (Wildman–Crippen LogP) is 4.90. The van der Waals surface area contributed by atoms with E-state index < -0.39 is 35.0 Å². The van der Waals surface area contributed by atoms with Crippen LogP contribution in [-0.2, 0) is 9.59 Å². The minimum absolute atomic E-state index is 0.107. The lowest BCUT2D eigenvalue weighted by molar-refractivity contribution is -0.120. The molecule has 0 unspecified atom stereocenters. The van der Waals surface area contributed by atoms with Crippen molar-refractivity contribution in [3.63, 3.8) is 0 Å². The van der Waals surface area contributed by atoms with Gasteiger partial charge in [-0.3, -0.25) is 9.59 Å². The molecule has 3 aromatic rings. The van der Waals surface area contributed by atoms with Crippen molar-refractivity contribution in [3.05, 3.63) is 95.4 Å². The van der Waals surface area contributed by atoms with Gasteiger partial charge >= 0.3 is 0 Å². The van der Waals surface area contributed by atoms with E-state index in [0.29, 0.717) is 22.9 Å². The largest absolute Gasteiger partial charge is 0.492 e. The van der Waals surface area contributed by atoms with Crippen molar-refractivity contribution in [2.75, 3.05) is 16.8 Å². The first-order chi connectivity index (χ1) is 15.4. The summed E-state index contributed by atoms with van der Waals surface area (Å²) in [5, 5.41) is 2.90. The number of para-hydroxylation sites is 2. The molecule has 0 fully saturated rings. The van der Waals surface area contributed by atoms with E-state index in [2.05, 4.69) is 5.32 Å². The maximum Gasteiger partial charge on any atom is 0.282 e. The Kier molecular flexibility index (Phi) is 5.68. The van der Waals surface area contributed by atoms with Gasteiger partial charge in [-0.2, -0.15) is 0 Å². The third-order valence-corrected chi connectivity index (χ3v) is 4.81. The minimum Gasteiger partial charge on any atom is -0.492 e. The van der Waals surface area contributed by atoms with Crippen molar-refractivity contribution in [2.45, 2.75) is 6.92 Å². The number of hydrogen-bond donors (Lipinski definition) is 1. The molecule has 1 N–H and O–H groups in total. The molecule has 162 valence electrons. The second-order valence-corrected chi connectivity index (χ2v) is 6.85. The smallest absolute Gasteiger partial charge is 0.282 e. The van der Waals surface area contributed by atoms with E-state index in [9.17, 15) is 22.8 Å². The molecule has 0 spiro atoms. The van der Waals surface area contributed by atoms with Crippen molar-refractivity contribution in [1.82, 2.24) is 0 Å². The fraction of sp³-hybridized carbons (Fsp3) is 0.0833. The molecule has 0 saturated carbocycles. The van der Waals surface area contributed by atoms with Crippen LogP contribution in [0.4, 0.5) is 24.5 Å². The van der Waals surface area contributed by atoms with Crippen LogP contribution in [0.3, 0.4) is 0 Å². The summed E-state index contributed by atoms with van der Waals surface area (Å²) in [7, 11) is 0. The van der Waals surface area contributed by atoms with Gasteiger partial charge in [0.05, 0.1) is 23.6 Å². The number of hydrogen-bond acceptors (Lipinski definition) is 4. The van der Waals surface area contributed by atoms with Gasteiger partial charge in [0.2, 0.25) is 0 Å². The van der Waals surface area contributed by atoms with E-state index in [0.717, 1.165) is 30.3 Å². The molecule has 32 heavy (non-hydrogen) atoms. The number of carbonyl (C=O) groups is 2. The van der Waals surface area contributed by atoms with Gasteiger partial charge in [0.1, 0.15) is 28.9 Å². The summed E-state index contributed by atoms with van der Waals surface area (Å²) in [5.41, 5.74) is -0.163. The summed E-state index contributed by atoms with van der Waals surface area (Å²) in [6.07, 6.45) is 0. The highest BCUT2D eigenvalue weighted by molar-refractivity contribution is 6.46. The number of nitrogens with one attached hydrogen (secondary N) is 1.